The molecule has 402 valence electrons. The lowest BCUT2D eigenvalue weighted by atomic mass is 9.62. The molecule has 1 aliphatic carbocycles. The molecule has 0 N–H and O–H groups in total. The Labute approximate surface area is 480 Å². The predicted octanol–water partition coefficient (Wildman–Crippen LogP) is 19.3. The zero-order valence-corrected chi connectivity index (χ0v) is 48.6. The summed E-state index contributed by atoms with van der Waals surface area (Å²) in [5, 5.41) is 4.76. The third kappa shape index (κ3) is 7.67. The molecule has 6 nitrogen and oxygen atoms in total. The number of rotatable bonds is 5. The minimum absolute atomic E-state index is 0.00217. The van der Waals surface area contributed by atoms with E-state index in [1.165, 1.54) is 66.2 Å². The number of benzene rings is 9. The largest absolute Gasteiger partial charge is 0.458 e. The second kappa shape index (κ2) is 17.7. The summed E-state index contributed by atoms with van der Waals surface area (Å²) in [5.41, 5.74) is 22.1. The maximum atomic E-state index is 7.04. The third-order valence-corrected chi connectivity index (χ3v) is 18.2. The van der Waals surface area contributed by atoms with Gasteiger partial charge in [-0.1, -0.05) is 178 Å². The average molecular weight is 1070 g/mol. The van der Waals surface area contributed by atoms with E-state index in [0.29, 0.717) is 0 Å². The van der Waals surface area contributed by atoms with Crippen molar-refractivity contribution in [3.63, 3.8) is 0 Å². The molecule has 82 heavy (non-hydrogen) atoms. The Balaban J connectivity index is 1.00. The molecule has 0 saturated heterocycles. The molecule has 0 bridgehead atoms. The summed E-state index contributed by atoms with van der Waals surface area (Å²) in [7, 11) is 0. The van der Waals surface area contributed by atoms with Gasteiger partial charge < -0.3 is 9.30 Å². The number of aromatic nitrogens is 5. The zero-order chi connectivity index (χ0) is 56.2. The monoisotopic (exact) mass is 1070 g/mol. The molecule has 9 aromatic carbocycles. The van der Waals surface area contributed by atoms with E-state index >= 15 is 0 Å². The van der Waals surface area contributed by atoms with Crippen LogP contribution < -0.4 is 9.30 Å². The van der Waals surface area contributed by atoms with Crippen molar-refractivity contribution < 1.29 is 9.30 Å². The summed E-state index contributed by atoms with van der Waals surface area (Å²) < 4.78 is 16.5. The second-order valence-corrected chi connectivity index (χ2v) is 26.5. The summed E-state index contributed by atoms with van der Waals surface area (Å²) >= 11 is 0. The summed E-state index contributed by atoms with van der Waals surface area (Å²) in [5.74, 6) is 2.34. The molecule has 0 spiro atoms. The van der Waals surface area contributed by atoms with E-state index in [2.05, 4.69) is 288 Å². The van der Waals surface area contributed by atoms with Gasteiger partial charge in [0, 0.05) is 39.5 Å². The van der Waals surface area contributed by atoms with Gasteiger partial charge in [-0.05, 0) is 169 Å². The minimum Gasteiger partial charge on any atom is -0.458 e. The Morgan fingerprint density at radius 3 is 1.66 bits per heavy atom. The molecule has 5 heterocycles. The van der Waals surface area contributed by atoms with Crippen LogP contribution in [-0.4, -0.2) is 18.7 Å². The van der Waals surface area contributed by atoms with Crippen molar-refractivity contribution >= 4 is 54.6 Å². The smallest absolute Gasteiger partial charge is 0.269 e. The molecule has 6 heteroatoms. The van der Waals surface area contributed by atoms with Crippen LogP contribution in [0.25, 0.3) is 111 Å². The highest BCUT2D eigenvalue weighted by Gasteiger charge is 2.39. The lowest BCUT2D eigenvalue weighted by Gasteiger charge is -2.42. The van der Waals surface area contributed by atoms with Crippen LogP contribution in [0.5, 0.6) is 11.5 Å². The van der Waals surface area contributed by atoms with E-state index in [-0.39, 0.29) is 21.7 Å². The van der Waals surface area contributed by atoms with Gasteiger partial charge in [-0.15, -0.1) is 0 Å². The van der Waals surface area contributed by atoms with Crippen LogP contribution >= 0.6 is 0 Å². The minimum atomic E-state index is -0.230. The Hall–Kier alpha value is -9.00. The van der Waals surface area contributed by atoms with Crippen LogP contribution in [0.3, 0.4) is 0 Å². The highest BCUT2D eigenvalue weighted by atomic mass is 16.5. The van der Waals surface area contributed by atoms with Crippen LogP contribution in [-0.2, 0) is 21.7 Å². The topological polar surface area (TPSA) is 40.8 Å². The van der Waals surface area contributed by atoms with Crippen LogP contribution in [0.4, 0.5) is 0 Å². The van der Waals surface area contributed by atoms with Crippen LogP contribution in [0.15, 0.2) is 200 Å². The molecule has 1 aliphatic heterocycles. The number of imidazole rings is 1. The lowest BCUT2D eigenvalue weighted by molar-refractivity contribution is -0.572. The number of pyridine rings is 1. The fourth-order valence-corrected chi connectivity index (χ4v) is 13.8. The van der Waals surface area contributed by atoms with Crippen molar-refractivity contribution in [2.75, 3.05) is 0 Å². The van der Waals surface area contributed by atoms with Crippen molar-refractivity contribution in [3.05, 3.63) is 229 Å². The number of hydrogen-bond donors (Lipinski definition) is 0. The molecule has 0 unspecified atom stereocenters. The Bertz CT molecular complexity index is 4760. The summed E-state index contributed by atoms with van der Waals surface area (Å²) in [4.78, 5) is 4.96. The average Bonchev–Trinajstić information content (AvgIpc) is 3.17. The molecular formula is C76H67N5O. The molecule has 0 atom stereocenters. The van der Waals surface area contributed by atoms with E-state index in [1.807, 2.05) is 6.20 Å². The summed E-state index contributed by atoms with van der Waals surface area (Å²) in [6, 6.07) is 71.8. The fourth-order valence-electron chi connectivity index (χ4n) is 13.8. The van der Waals surface area contributed by atoms with Gasteiger partial charge in [0.2, 0.25) is 0 Å². The first kappa shape index (κ1) is 50.0. The summed E-state index contributed by atoms with van der Waals surface area (Å²) in [6.07, 6.45) is 8.34. The van der Waals surface area contributed by atoms with E-state index in [0.717, 1.165) is 91.3 Å². The second-order valence-electron chi connectivity index (χ2n) is 26.5. The Kier molecular flexibility index (Phi) is 10.8. The third-order valence-electron chi connectivity index (χ3n) is 18.2. The van der Waals surface area contributed by atoms with Crippen molar-refractivity contribution in [2.45, 2.75) is 104 Å². The molecule has 4 aromatic heterocycles. The van der Waals surface area contributed by atoms with Gasteiger partial charge >= 0.3 is 0 Å². The van der Waals surface area contributed by atoms with E-state index in [9.17, 15) is 0 Å². The van der Waals surface area contributed by atoms with E-state index < -0.39 is 0 Å². The SMILES string of the molecule is CC(C)(C)c1ccnc(-n2c3ccccc3c3ccc(Oc4cccc(-n5[c-][n+]6c7c(cc(-n8c9ccccc9c9ccccc98)cc75)-c5ccccc5-c5cc7c(cc5-c5cccc(C(C)(C)C)c5-6)C(C)(C)CCC7(C)C)c4)cc32)c1. The molecule has 13 aromatic rings. The molecule has 15 rings (SSSR count). The first-order chi connectivity index (χ1) is 39.4. The van der Waals surface area contributed by atoms with Gasteiger partial charge in [-0.3, -0.25) is 13.7 Å². The maximum Gasteiger partial charge on any atom is 0.269 e. The standard InChI is InChI=1S/C76H67N5O/c1-73(2,3)47-35-38-77-70(39-47)81-67-32-18-15-27-56(67)57-34-33-51(43-68(57)81)82-50-22-19-21-48(40-50)78-46-79-71-58(28-20-29-62(71)74(4,5)6)60-45-64-63(75(7,8)36-37-76(64,9)10)44-59(60)52-23-11-12-24-53(52)61-41-49(42-69(78)72(61)79)80-65-30-16-13-25-54(65)55-26-14-17-31-66(55)80/h11-35,38-45H,36-37H2,1-10H3. The number of nitrogens with zero attached hydrogens (tertiary/aromatic N) is 5. The highest BCUT2D eigenvalue weighted by Crippen LogP contribution is 2.53. The number of hydrogen-bond acceptors (Lipinski definition) is 2. The van der Waals surface area contributed by atoms with Gasteiger partial charge in [-0.25, -0.2) is 4.98 Å². The summed E-state index contributed by atoms with van der Waals surface area (Å²) in [6.45, 7) is 23.6. The molecule has 0 radical (unpaired) electrons. The first-order valence-corrected chi connectivity index (χ1v) is 29.2. The van der Waals surface area contributed by atoms with Crippen LogP contribution in [0, 0.1) is 6.33 Å². The van der Waals surface area contributed by atoms with Crippen molar-refractivity contribution in [1.29, 1.82) is 0 Å². The van der Waals surface area contributed by atoms with Gasteiger partial charge in [0.1, 0.15) is 17.3 Å². The first-order valence-electron chi connectivity index (χ1n) is 29.2. The van der Waals surface area contributed by atoms with Crippen molar-refractivity contribution in [2.24, 2.45) is 0 Å². The predicted molar refractivity (Wildman–Crippen MR) is 339 cm³/mol. The normalized spacial score (nSPS) is 14.6. The Morgan fingerprint density at radius 2 is 1.01 bits per heavy atom. The Morgan fingerprint density at radius 1 is 0.451 bits per heavy atom. The highest BCUT2D eigenvalue weighted by molar-refractivity contribution is 6.11. The molecule has 2 aliphatic rings. The number of fused-ring (bicyclic) bond motifs is 14. The van der Waals surface area contributed by atoms with E-state index in [1.54, 1.807) is 0 Å². The van der Waals surface area contributed by atoms with Crippen molar-refractivity contribution in [1.82, 2.24) is 18.7 Å². The molecule has 0 fully saturated rings. The molecular weight excluding hydrogens is 999 g/mol. The fraction of sp³-hybridized carbons (Fsp3) is 0.211. The van der Waals surface area contributed by atoms with Crippen LogP contribution in [0.1, 0.15) is 104 Å². The molecule has 0 saturated carbocycles. The van der Waals surface area contributed by atoms with E-state index in [4.69, 9.17) is 9.72 Å². The lowest BCUT2D eigenvalue weighted by Crippen LogP contribution is -2.35. The van der Waals surface area contributed by atoms with Gasteiger partial charge in [0.25, 0.3) is 6.33 Å². The number of para-hydroxylation sites is 4. The zero-order valence-electron chi connectivity index (χ0n) is 48.6. The quantitative estimate of drug-likeness (QED) is 0.127. The maximum absolute atomic E-state index is 7.04. The van der Waals surface area contributed by atoms with Crippen molar-refractivity contribution in [3.8, 4) is 67.8 Å². The number of ether oxygens (including phenoxy) is 1. The molecule has 0 amide bonds. The van der Waals surface area contributed by atoms with Crippen LogP contribution in [0.2, 0.25) is 0 Å². The van der Waals surface area contributed by atoms with Gasteiger partial charge in [0.05, 0.1) is 44.5 Å². The van der Waals surface area contributed by atoms with Gasteiger partial charge in [0.15, 0.2) is 0 Å². The van der Waals surface area contributed by atoms with Gasteiger partial charge in [-0.2, -0.15) is 0 Å².